The van der Waals surface area contributed by atoms with Crippen molar-refractivity contribution in [3.05, 3.63) is 17.5 Å². The first-order valence-electron chi connectivity index (χ1n) is 6.69. The number of aromatic nitrogens is 1. The number of carbonyl (C=O) groups is 1. The van der Waals surface area contributed by atoms with Gasteiger partial charge in [0, 0.05) is 11.5 Å². The standard InChI is InChI=1S/C14H22N2O2/c1-14(2,3)13-9-10(18-16-13)8-12(17)11-6-4-5-7-15-11/h9,11,15H,4-8H2,1-3H3/t11-/m0/s1. The maximum Gasteiger partial charge on any atom is 0.157 e. The second-order valence-corrected chi connectivity index (χ2v) is 6.07. The van der Waals surface area contributed by atoms with E-state index in [-0.39, 0.29) is 17.2 Å². The van der Waals surface area contributed by atoms with Crippen molar-refractivity contribution in [1.82, 2.24) is 10.5 Å². The van der Waals surface area contributed by atoms with E-state index in [1.165, 1.54) is 6.42 Å². The van der Waals surface area contributed by atoms with Gasteiger partial charge in [-0.1, -0.05) is 32.3 Å². The highest BCUT2D eigenvalue weighted by atomic mass is 16.5. The van der Waals surface area contributed by atoms with Crippen molar-refractivity contribution in [2.75, 3.05) is 6.54 Å². The lowest BCUT2D eigenvalue weighted by Crippen LogP contribution is -2.41. The molecule has 1 aliphatic heterocycles. The fraction of sp³-hybridized carbons (Fsp3) is 0.714. The SMILES string of the molecule is CC(C)(C)c1cc(CC(=O)[C@@H]2CCCCN2)on1. The normalized spacial score (nSPS) is 20.9. The van der Waals surface area contributed by atoms with Crippen LogP contribution in [0.1, 0.15) is 51.5 Å². The summed E-state index contributed by atoms with van der Waals surface area (Å²) in [6.45, 7) is 7.19. The maximum atomic E-state index is 12.1. The van der Waals surface area contributed by atoms with Gasteiger partial charge in [0.25, 0.3) is 0 Å². The third-order valence-electron chi connectivity index (χ3n) is 3.37. The van der Waals surface area contributed by atoms with Crippen LogP contribution < -0.4 is 5.32 Å². The third kappa shape index (κ3) is 3.19. The first-order valence-corrected chi connectivity index (χ1v) is 6.69. The summed E-state index contributed by atoms with van der Waals surface area (Å²) in [7, 11) is 0. The predicted molar refractivity (Wildman–Crippen MR) is 69.6 cm³/mol. The maximum absolute atomic E-state index is 12.1. The van der Waals surface area contributed by atoms with Gasteiger partial charge in [-0.05, 0) is 19.4 Å². The van der Waals surface area contributed by atoms with Gasteiger partial charge >= 0.3 is 0 Å². The van der Waals surface area contributed by atoms with Crippen molar-refractivity contribution in [3.8, 4) is 0 Å². The molecule has 18 heavy (non-hydrogen) atoms. The molecule has 0 amide bonds. The van der Waals surface area contributed by atoms with Gasteiger partial charge in [-0.2, -0.15) is 0 Å². The first-order chi connectivity index (χ1) is 8.47. The van der Waals surface area contributed by atoms with Crippen LogP contribution in [0.15, 0.2) is 10.6 Å². The minimum Gasteiger partial charge on any atom is -0.361 e. The number of piperidine rings is 1. The molecule has 0 unspecified atom stereocenters. The Morgan fingerprint density at radius 3 is 2.83 bits per heavy atom. The Morgan fingerprint density at radius 1 is 1.50 bits per heavy atom. The van der Waals surface area contributed by atoms with Crippen LogP contribution in [0.3, 0.4) is 0 Å². The van der Waals surface area contributed by atoms with E-state index in [1.54, 1.807) is 0 Å². The fourth-order valence-corrected chi connectivity index (χ4v) is 2.17. The van der Waals surface area contributed by atoms with Gasteiger partial charge in [0.05, 0.1) is 18.2 Å². The fourth-order valence-electron chi connectivity index (χ4n) is 2.17. The molecule has 1 N–H and O–H groups in total. The first kappa shape index (κ1) is 13.3. The Labute approximate surface area is 108 Å². The van der Waals surface area contributed by atoms with E-state index in [0.717, 1.165) is 25.1 Å². The molecule has 0 aliphatic carbocycles. The van der Waals surface area contributed by atoms with Crippen LogP contribution >= 0.6 is 0 Å². The zero-order chi connectivity index (χ0) is 13.2. The molecular formula is C14H22N2O2. The van der Waals surface area contributed by atoms with Crippen molar-refractivity contribution in [2.45, 2.75) is 57.9 Å². The van der Waals surface area contributed by atoms with Crippen LogP contribution in [-0.4, -0.2) is 23.5 Å². The molecule has 1 saturated heterocycles. The Balaban J connectivity index is 1.96. The van der Waals surface area contributed by atoms with Gasteiger partial charge in [-0.25, -0.2) is 0 Å². The van der Waals surface area contributed by atoms with E-state index >= 15 is 0 Å². The highest BCUT2D eigenvalue weighted by molar-refractivity contribution is 5.85. The summed E-state index contributed by atoms with van der Waals surface area (Å²) >= 11 is 0. The Morgan fingerprint density at radius 2 is 2.28 bits per heavy atom. The highest BCUT2D eigenvalue weighted by Gasteiger charge is 2.24. The number of nitrogens with zero attached hydrogens (tertiary/aromatic N) is 1. The summed E-state index contributed by atoms with van der Waals surface area (Å²) in [6.07, 6.45) is 3.59. The molecule has 2 rings (SSSR count). The Kier molecular flexibility index (Phi) is 3.85. The molecule has 0 aromatic carbocycles. The number of hydrogen-bond donors (Lipinski definition) is 1. The van der Waals surface area contributed by atoms with E-state index in [4.69, 9.17) is 4.52 Å². The average Bonchev–Trinajstić information content (AvgIpc) is 2.78. The monoisotopic (exact) mass is 250 g/mol. The van der Waals surface area contributed by atoms with E-state index in [0.29, 0.717) is 12.2 Å². The van der Waals surface area contributed by atoms with Gasteiger partial charge in [0.1, 0.15) is 5.76 Å². The lowest BCUT2D eigenvalue weighted by Gasteiger charge is -2.21. The van der Waals surface area contributed by atoms with Crippen molar-refractivity contribution in [2.24, 2.45) is 0 Å². The zero-order valence-electron chi connectivity index (χ0n) is 11.5. The number of nitrogens with one attached hydrogen (secondary N) is 1. The highest BCUT2D eigenvalue weighted by Crippen LogP contribution is 2.22. The summed E-state index contributed by atoms with van der Waals surface area (Å²) in [5, 5.41) is 7.30. The molecule has 4 nitrogen and oxygen atoms in total. The van der Waals surface area contributed by atoms with Gasteiger partial charge in [-0.15, -0.1) is 0 Å². The van der Waals surface area contributed by atoms with Crippen LogP contribution in [0.25, 0.3) is 0 Å². The molecule has 100 valence electrons. The lowest BCUT2D eigenvalue weighted by molar-refractivity contribution is -0.121. The molecule has 0 saturated carbocycles. The topological polar surface area (TPSA) is 55.1 Å². The lowest BCUT2D eigenvalue weighted by atomic mass is 9.92. The van der Waals surface area contributed by atoms with E-state index in [2.05, 4.69) is 31.2 Å². The molecule has 4 heteroatoms. The number of rotatable bonds is 3. The van der Waals surface area contributed by atoms with Crippen LogP contribution in [0.4, 0.5) is 0 Å². The minimum absolute atomic E-state index is 0.00179. The van der Waals surface area contributed by atoms with Crippen LogP contribution in [-0.2, 0) is 16.6 Å². The molecule has 2 heterocycles. The quantitative estimate of drug-likeness (QED) is 0.893. The van der Waals surface area contributed by atoms with Crippen molar-refractivity contribution < 1.29 is 9.32 Å². The molecule has 0 bridgehead atoms. The van der Waals surface area contributed by atoms with E-state index < -0.39 is 0 Å². The van der Waals surface area contributed by atoms with Crippen LogP contribution in [0.2, 0.25) is 0 Å². The van der Waals surface area contributed by atoms with Crippen molar-refractivity contribution in [3.63, 3.8) is 0 Å². The Bertz CT molecular complexity index is 412. The second-order valence-electron chi connectivity index (χ2n) is 6.07. The molecular weight excluding hydrogens is 228 g/mol. The summed E-state index contributed by atoms with van der Waals surface area (Å²) < 4.78 is 5.25. The second kappa shape index (κ2) is 5.22. The van der Waals surface area contributed by atoms with E-state index in [1.807, 2.05) is 6.07 Å². The van der Waals surface area contributed by atoms with Crippen LogP contribution in [0, 0.1) is 0 Å². The van der Waals surface area contributed by atoms with Gasteiger partial charge in [0.15, 0.2) is 5.78 Å². The number of carbonyl (C=O) groups excluding carboxylic acids is 1. The summed E-state index contributed by atoms with van der Waals surface area (Å²) in [5.74, 6) is 0.892. The molecule has 1 fully saturated rings. The van der Waals surface area contributed by atoms with Crippen molar-refractivity contribution >= 4 is 5.78 Å². The Hall–Kier alpha value is -1.16. The number of Topliss-reactive ketones (excluding diaryl/α,β-unsaturated/α-hetero) is 1. The number of ketones is 1. The van der Waals surface area contributed by atoms with Gasteiger partial charge < -0.3 is 9.84 Å². The van der Waals surface area contributed by atoms with Gasteiger partial charge in [0.2, 0.25) is 0 Å². The van der Waals surface area contributed by atoms with E-state index in [9.17, 15) is 4.79 Å². The van der Waals surface area contributed by atoms with Crippen LogP contribution in [0.5, 0.6) is 0 Å². The van der Waals surface area contributed by atoms with Crippen molar-refractivity contribution in [1.29, 1.82) is 0 Å². The summed E-state index contributed by atoms with van der Waals surface area (Å²) in [6, 6.07) is 1.91. The van der Waals surface area contributed by atoms with Gasteiger partial charge in [-0.3, -0.25) is 4.79 Å². The smallest absolute Gasteiger partial charge is 0.157 e. The third-order valence-corrected chi connectivity index (χ3v) is 3.37. The molecule has 1 atom stereocenters. The summed E-state index contributed by atoms with van der Waals surface area (Å²) in [4.78, 5) is 12.1. The summed E-state index contributed by atoms with van der Waals surface area (Å²) in [5.41, 5.74) is 0.871. The largest absolute Gasteiger partial charge is 0.361 e. The average molecular weight is 250 g/mol. The molecule has 1 aliphatic rings. The zero-order valence-corrected chi connectivity index (χ0v) is 11.5. The molecule has 1 aromatic rings. The minimum atomic E-state index is -0.0338. The number of hydrogen-bond acceptors (Lipinski definition) is 4. The molecule has 0 radical (unpaired) electrons. The predicted octanol–water partition coefficient (Wildman–Crippen LogP) is 2.23. The molecule has 0 spiro atoms. The molecule has 1 aromatic heterocycles.